The number of nitrogens with zero attached hydrogens (tertiary/aromatic N) is 4. The molecule has 1 amide bonds. The third-order valence-corrected chi connectivity index (χ3v) is 4.67. The average molecular weight is 388 g/mol. The normalized spacial score (nSPS) is 11.0. The van der Waals surface area contributed by atoms with Gasteiger partial charge in [0.15, 0.2) is 5.65 Å². The first kappa shape index (κ1) is 16.6. The van der Waals surface area contributed by atoms with Crippen molar-refractivity contribution in [2.75, 3.05) is 5.32 Å². The van der Waals surface area contributed by atoms with Crippen LogP contribution in [0.15, 0.2) is 29.0 Å². The lowest BCUT2D eigenvalue weighted by Crippen LogP contribution is -2.14. The van der Waals surface area contributed by atoms with Gasteiger partial charge in [-0.3, -0.25) is 4.79 Å². The second-order valence-electron chi connectivity index (χ2n) is 5.82. The summed E-state index contributed by atoms with van der Waals surface area (Å²) in [6, 6.07) is 5.85. The number of hydrogen-bond acceptors (Lipinski definition) is 4. The molecular weight excluding hydrogens is 370 g/mol. The van der Waals surface area contributed by atoms with E-state index >= 15 is 0 Å². The Bertz CT molecular complexity index is 919. The second-order valence-corrected chi connectivity index (χ2v) is 6.67. The minimum atomic E-state index is -0.0281. The zero-order chi connectivity index (χ0) is 17.3. The maximum absolute atomic E-state index is 12.3. The van der Waals surface area contributed by atoms with Crippen molar-refractivity contribution in [3.8, 4) is 0 Å². The summed E-state index contributed by atoms with van der Waals surface area (Å²) in [5.74, 6) is -0.0281. The first-order valence-corrected chi connectivity index (χ1v) is 8.47. The van der Waals surface area contributed by atoms with Gasteiger partial charge in [0.25, 0.3) is 0 Å². The number of nitrogens with one attached hydrogen (secondary N) is 1. The summed E-state index contributed by atoms with van der Waals surface area (Å²) < 4.78 is 2.55. The quantitative estimate of drug-likeness (QED) is 0.744. The van der Waals surface area contributed by atoms with E-state index in [1.165, 1.54) is 0 Å². The van der Waals surface area contributed by atoms with E-state index in [2.05, 4.69) is 36.5 Å². The third kappa shape index (κ3) is 3.31. The van der Waals surface area contributed by atoms with E-state index in [0.29, 0.717) is 12.8 Å². The SMILES string of the molecule is Cc1ccc(NC(=O)CCc2c(C)nn3cnnc3c2C)c(Br)c1. The number of aromatic nitrogens is 4. The Morgan fingerprint density at radius 3 is 2.83 bits per heavy atom. The fourth-order valence-electron chi connectivity index (χ4n) is 2.72. The van der Waals surface area contributed by atoms with Crippen LogP contribution in [0.5, 0.6) is 0 Å². The van der Waals surface area contributed by atoms with Gasteiger partial charge in [0.2, 0.25) is 5.91 Å². The first-order chi connectivity index (χ1) is 11.5. The van der Waals surface area contributed by atoms with Gasteiger partial charge in [-0.2, -0.15) is 5.10 Å². The van der Waals surface area contributed by atoms with Crippen LogP contribution in [0, 0.1) is 20.8 Å². The van der Waals surface area contributed by atoms with Crippen LogP contribution < -0.4 is 5.32 Å². The monoisotopic (exact) mass is 387 g/mol. The summed E-state index contributed by atoms with van der Waals surface area (Å²) >= 11 is 3.47. The zero-order valence-electron chi connectivity index (χ0n) is 13.8. The summed E-state index contributed by atoms with van der Waals surface area (Å²) in [7, 11) is 0. The van der Waals surface area contributed by atoms with Crippen LogP contribution in [0.25, 0.3) is 5.65 Å². The molecule has 3 rings (SSSR count). The van der Waals surface area contributed by atoms with E-state index in [1.807, 2.05) is 39.0 Å². The Morgan fingerprint density at radius 2 is 2.08 bits per heavy atom. The average Bonchev–Trinajstić information content (AvgIpc) is 2.98. The molecule has 0 bridgehead atoms. The Morgan fingerprint density at radius 1 is 1.29 bits per heavy atom. The van der Waals surface area contributed by atoms with Crippen molar-refractivity contribution >= 4 is 33.2 Å². The topological polar surface area (TPSA) is 72.2 Å². The van der Waals surface area contributed by atoms with E-state index in [1.54, 1.807) is 10.8 Å². The number of carbonyl (C=O) groups excluding carboxylic acids is 1. The number of benzene rings is 1. The molecule has 0 saturated heterocycles. The molecule has 0 fully saturated rings. The second kappa shape index (κ2) is 6.68. The van der Waals surface area contributed by atoms with Crippen LogP contribution in [0.4, 0.5) is 5.69 Å². The summed E-state index contributed by atoms with van der Waals surface area (Å²) in [5.41, 5.74) is 5.61. The standard InChI is InChI=1S/C17H18BrN5O/c1-10-4-6-15(14(18)8-10)20-16(24)7-5-13-11(2)17-21-19-9-23(17)22-12(13)3/h4,6,8-9H,5,7H2,1-3H3,(H,20,24). The largest absolute Gasteiger partial charge is 0.325 e. The number of amides is 1. The lowest BCUT2D eigenvalue weighted by molar-refractivity contribution is -0.116. The highest BCUT2D eigenvalue weighted by molar-refractivity contribution is 9.10. The Balaban J connectivity index is 1.72. The maximum Gasteiger partial charge on any atom is 0.224 e. The number of rotatable bonds is 4. The summed E-state index contributed by atoms with van der Waals surface area (Å²) in [6.07, 6.45) is 2.58. The molecule has 0 saturated carbocycles. The molecule has 0 aliphatic heterocycles. The van der Waals surface area contributed by atoms with Crippen LogP contribution >= 0.6 is 15.9 Å². The molecule has 1 N–H and O–H groups in total. The number of fused-ring (bicyclic) bond motifs is 1. The van der Waals surface area contributed by atoms with Gasteiger partial charge in [-0.1, -0.05) is 6.07 Å². The third-order valence-electron chi connectivity index (χ3n) is 4.01. The van der Waals surface area contributed by atoms with Crippen LogP contribution in [0.3, 0.4) is 0 Å². The maximum atomic E-state index is 12.3. The van der Waals surface area contributed by atoms with Gasteiger partial charge in [-0.15, -0.1) is 10.2 Å². The van der Waals surface area contributed by atoms with Gasteiger partial charge < -0.3 is 5.32 Å². The van der Waals surface area contributed by atoms with Crippen molar-refractivity contribution in [1.82, 2.24) is 19.8 Å². The molecule has 2 aromatic heterocycles. The van der Waals surface area contributed by atoms with Crippen molar-refractivity contribution in [1.29, 1.82) is 0 Å². The predicted octanol–water partition coefficient (Wildman–Crippen LogP) is 3.38. The van der Waals surface area contributed by atoms with Crippen LogP contribution in [-0.2, 0) is 11.2 Å². The van der Waals surface area contributed by atoms with E-state index in [4.69, 9.17) is 0 Å². The lowest BCUT2D eigenvalue weighted by atomic mass is 10.0. The molecule has 7 heteroatoms. The molecule has 6 nitrogen and oxygen atoms in total. The summed E-state index contributed by atoms with van der Waals surface area (Å²) in [4.78, 5) is 12.3. The van der Waals surface area contributed by atoms with Crippen LogP contribution in [0.1, 0.15) is 28.8 Å². The van der Waals surface area contributed by atoms with Crippen molar-refractivity contribution in [2.45, 2.75) is 33.6 Å². The van der Waals surface area contributed by atoms with Crippen molar-refractivity contribution in [3.63, 3.8) is 0 Å². The van der Waals surface area contributed by atoms with Crippen LogP contribution in [-0.4, -0.2) is 25.7 Å². The Kier molecular flexibility index (Phi) is 4.62. The first-order valence-electron chi connectivity index (χ1n) is 7.68. The Labute approximate surface area is 148 Å². The molecule has 0 unspecified atom stereocenters. The number of hydrogen-bond donors (Lipinski definition) is 1. The van der Waals surface area contributed by atoms with Crippen LogP contribution in [0.2, 0.25) is 0 Å². The van der Waals surface area contributed by atoms with Gasteiger partial charge in [-0.05, 0) is 66.4 Å². The summed E-state index contributed by atoms with van der Waals surface area (Å²) in [5, 5.41) is 15.3. The smallest absolute Gasteiger partial charge is 0.224 e. The van der Waals surface area contributed by atoms with Crippen molar-refractivity contribution in [2.24, 2.45) is 0 Å². The van der Waals surface area contributed by atoms with E-state index in [-0.39, 0.29) is 5.91 Å². The van der Waals surface area contributed by atoms with E-state index in [0.717, 1.165) is 38.2 Å². The van der Waals surface area contributed by atoms with Gasteiger partial charge in [0.1, 0.15) is 6.33 Å². The van der Waals surface area contributed by atoms with Crippen molar-refractivity contribution in [3.05, 3.63) is 51.4 Å². The Hall–Kier alpha value is -2.28. The number of anilines is 1. The molecule has 0 radical (unpaired) electrons. The van der Waals surface area contributed by atoms with E-state index < -0.39 is 0 Å². The highest BCUT2D eigenvalue weighted by Crippen LogP contribution is 2.24. The molecule has 1 aromatic carbocycles. The molecule has 0 aliphatic carbocycles. The fraction of sp³-hybridized carbons (Fsp3) is 0.294. The van der Waals surface area contributed by atoms with Gasteiger partial charge in [0, 0.05) is 16.5 Å². The van der Waals surface area contributed by atoms with Gasteiger partial charge in [0.05, 0.1) is 11.4 Å². The van der Waals surface area contributed by atoms with Crippen molar-refractivity contribution < 1.29 is 4.79 Å². The highest BCUT2D eigenvalue weighted by Gasteiger charge is 2.13. The molecule has 3 aromatic rings. The molecule has 124 valence electrons. The number of carbonyl (C=O) groups is 1. The van der Waals surface area contributed by atoms with E-state index in [9.17, 15) is 4.79 Å². The lowest BCUT2D eigenvalue weighted by Gasteiger charge is -2.11. The number of halogens is 1. The van der Waals surface area contributed by atoms with Gasteiger partial charge >= 0.3 is 0 Å². The molecular formula is C17H18BrN5O. The summed E-state index contributed by atoms with van der Waals surface area (Å²) in [6.45, 7) is 5.94. The van der Waals surface area contributed by atoms with Gasteiger partial charge in [-0.25, -0.2) is 4.52 Å². The minimum Gasteiger partial charge on any atom is -0.325 e. The fourth-order valence-corrected chi connectivity index (χ4v) is 3.31. The molecule has 24 heavy (non-hydrogen) atoms. The molecule has 0 atom stereocenters. The molecule has 0 spiro atoms. The zero-order valence-corrected chi connectivity index (χ0v) is 15.4. The molecule has 0 aliphatic rings. The number of aryl methyl sites for hydroxylation is 3. The highest BCUT2D eigenvalue weighted by atomic mass is 79.9. The minimum absolute atomic E-state index is 0.0281. The predicted molar refractivity (Wildman–Crippen MR) is 96.1 cm³/mol. The molecule has 2 heterocycles.